The zero-order chi connectivity index (χ0) is 10.7. The molecule has 1 aromatic rings. The number of hydroxylamine groups is 1. The van der Waals surface area contributed by atoms with E-state index in [4.69, 9.17) is 4.84 Å². The van der Waals surface area contributed by atoms with Crippen molar-refractivity contribution in [1.82, 2.24) is 5.48 Å². The maximum atomic E-state index is 11.6. The summed E-state index contributed by atoms with van der Waals surface area (Å²) >= 11 is 1.60. The number of nitrogens with one attached hydrogen (secondary N) is 1. The van der Waals surface area contributed by atoms with Gasteiger partial charge < -0.3 is 0 Å². The van der Waals surface area contributed by atoms with Crippen LogP contribution in [-0.2, 0) is 17.7 Å². The van der Waals surface area contributed by atoms with Crippen molar-refractivity contribution in [2.45, 2.75) is 32.6 Å². The van der Waals surface area contributed by atoms with Crippen LogP contribution in [0.2, 0.25) is 0 Å². The van der Waals surface area contributed by atoms with Gasteiger partial charge in [0, 0.05) is 4.88 Å². The molecule has 1 N–H and O–H groups in total. The van der Waals surface area contributed by atoms with Crippen LogP contribution in [0.25, 0.3) is 0 Å². The molecule has 1 aliphatic rings. The third-order valence-corrected chi connectivity index (χ3v) is 3.77. The van der Waals surface area contributed by atoms with Gasteiger partial charge in [-0.25, -0.2) is 5.48 Å². The fourth-order valence-electron chi connectivity index (χ4n) is 1.79. The van der Waals surface area contributed by atoms with E-state index in [0.29, 0.717) is 6.61 Å². The van der Waals surface area contributed by atoms with E-state index in [1.165, 1.54) is 23.3 Å². The monoisotopic (exact) mass is 225 g/mol. The van der Waals surface area contributed by atoms with Gasteiger partial charge in [-0.15, -0.1) is 11.3 Å². The molecule has 1 aliphatic carbocycles. The molecule has 1 aromatic heterocycles. The molecule has 15 heavy (non-hydrogen) atoms. The molecule has 0 fully saturated rings. The minimum Gasteiger partial charge on any atom is -0.274 e. The number of carbonyl (C=O) groups is 1. The maximum Gasteiger partial charge on any atom is 0.284 e. The van der Waals surface area contributed by atoms with Gasteiger partial charge in [0.15, 0.2) is 0 Å². The lowest BCUT2D eigenvalue weighted by Crippen LogP contribution is -2.22. The molecule has 0 saturated carbocycles. The van der Waals surface area contributed by atoms with Gasteiger partial charge in [-0.1, -0.05) is 0 Å². The highest BCUT2D eigenvalue weighted by Gasteiger charge is 2.16. The average molecular weight is 225 g/mol. The van der Waals surface area contributed by atoms with E-state index in [2.05, 4.69) is 5.48 Å². The molecule has 3 nitrogen and oxygen atoms in total. The van der Waals surface area contributed by atoms with Crippen molar-refractivity contribution in [3.63, 3.8) is 0 Å². The van der Waals surface area contributed by atoms with E-state index in [9.17, 15) is 4.79 Å². The first-order valence-corrected chi connectivity index (χ1v) is 6.16. The topological polar surface area (TPSA) is 38.3 Å². The van der Waals surface area contributed by atoms with Crippen LogP contribution in [0, 0.1) is 0 Å². The SMILES string of the molecule is CCONC(=O)c1cc2c(s1)CCCC2. The van der Waals surface area contributed by atoms with E-state index < -0.39 is 0 Å². The van der Waals surface area contributed by atoms with Gasteiger partial charge in [0.05, 0.1) is 11.5 Å². The van der Waals surface area contributed by atoms with E-state index in [1.54, 1.807) is 11.3 Å². The minimum absolute atomic E-state index is 0.115. The van der Waals surface area contributed by atoms with Gasteiger partial charge in [-0.3, -0.25) is 9.63 Å². The molecule has 0 saturated heterocycles. The van der Waals surface area contributed by atoms with Crippen LogP contribution in [0.5, 0.6) is 0 Å². The number of aryl methyl sites for hydroxylation is 2. The predicted molar refractivity (Wildman–Crippen MR) is 60.1 cm³/mol. The summed E-state index contributed by atoms with van der Waals surface area (Å²) in [7, 11) is 0. The molecule has 0 spiro atoms. The van der Waals surface area contributed by atoms with Crippen LogP contribution in [0.15, 0.2) is 6.07 Å². The largest absolute Gasteiger partial charge is 0.284 e. The summed E-state index contributed by atoms with van der Waals surface area (Å²) in [6.07, 6.45) is 4.74. The van der Waals surface area contributed by atoms with Crippen LogP contribution in [0.1, 0.15) is 39.9 Å². The zero-order valence-electron chi connectivity index (χ0n) is 8.84. The Labute approximate surface area is 93.4 Å². The third kappa shape index (κ3) is 2.38. The molecule has 1 heterocycles. The fourth-order valence-corrected chi connectivity index (χ4v) is 2.93. The van der Waals surface area contributed by atoms with E-state index >= 15 is 0 Å². The van der Waals surface area contributed by atoms with Crippen LogP contribution in [-0.4, -0.2) is 12.5 Å². The summed E-state index contributed by atoms with van der Waals surface area (Å²) in [5, 5.41) is 0. The molecule has 0 aliphatic heterocycles. The normalized spacial score (nSPS) is 14.7. The first-order chi connectivity index (χ1) is 7.31. The minimum atomic E-state index is -0.115. The second kappa shape index (κ2) is 4.77. The number of thiophene rings is 1. The summed E-state index contributed by atoms with van der Waals surface area (Å²) in [5.74, 6) is -0.115. The van der Waals surface area contributed by atoms with Crippen molar-refractivity contribution < 1.29 is 9.63 Å². The standard InChI is InChI=1S/C11H15NO2S/c1-2-14-12-11(13)10-7-8-5-3-4-6-9(8)15-10/h7H,2-6H2,1H3,(H,12,13). The number of fused-ring (bicyclic) bond motifs is 1. The Kier molecular flexibility index (Phi) is 3.38. The molecule has 0 unspecified atom stereocenters. The molecule has 0 atom stereocenters. The molecule has 0 aromatic carbocycles. The Balaban J connectivity index is 2.08. The van der Waals surface area contributed by atoms with Crippen LogP contribution in [0.3, 0.4) is 0 Å². The van der Waals surface area contributed by atoms with Crippen molar-refractivity contribution in [2.24, 2.45) is 0 Å². The lowest BCUT2D eigenvalue weighted by Gasteiger charge is -2.08. The molecule has 0 bridgehead atoms. The molecule has 1 amide bonds. The van der Waals surface area contributed by atoms with Crippen LogP contribution in [0.4, 0.5) is 0 Å². The second-order valence-electron chi connectivity index (χ2n) is 3.63. The number of hydrogen-bond acceptors (Lipinski definition) is 3. The molecule has 2 rings (SSSR count). The average Bonchev–Trinajstić information content (AvgIpc) is 2.69. The number of rotatable bonds is 3. The van der Waals surface area contributed by atoms with Gasteiger partial charge in [-0.05, 0) is 44.2 Å². The summed E-state index contributed by atoms with van der Waals surface area (Å²) in [5.41, 5.74) is 3.78. The number of hydrogen-bond donors (Lipinski definition) is 1. The first-order valence-electron chi connectivity index (χ1n) is 5.35. The quantitative estimate of drug-likeness (QED) is 0.802. The Morgan fingerprint density at radius 3 is 3.07 bits per heavy atom. The van der Waals surface area contributed by atoms with Crippen LogP contribution >= 0.6 is 11.3 Å². The van der Waals surface area contributed by atoms with E-state index in [1.807, 2.05) is 13.0 Å². The highest BCUT2D eigenvalue weighted by molar-refractivity contribution is 7.14. The molecular formula is C11H15NO2S. The number of carbonyl (C=O) groups excluding carboxylic acids is 1. The van der Waals surface area contributed by atoms with Gasteiger partial charge in [-0.2, -0.15) is 0 Å². The fraction of sp³-hybridized carbons (Fsp3) is 0.545. The highest BCUT2D eigenvalue weighted by atomic mass is 32.1. The van der Waals surface area contributed by atoms with Crippen LogP contribution < -0.4 is 5.48 Å². The van der Waals surface area contributed by atoms with Gasteiger partial charge in [0.25, 0.3) is 5.91 Å². The second-order valence-corrected chi connectivity index (χ2v) is 4.77. The molecule has 0 radical (unpaired) electrons. The Bertz CT molecular complexity index is 336. The molecule has 82 valence electrons. The van der Waals surface area contributed by atoms with Crippen molar-refractivity contribution in [3.05, 3.63) is 21.4 Å². The Hall–Kier alpha value is -0.870. The Morgan fingerprint density at radius 1 is 1.53 bits per heavy atom. The van der Waals surface area contributed by atoms with Gasteiger partial charge >= 0.3 is 0 Å². The first kappa shape index (κ1) is 10.6. The highest BCUT2D eigenvalue weighted by Crippen LogP contribution is 2.29. The summed E-state index contributed by atoms with van der Waals surface area (Å²) in [4.78, 5) is 18.6. The maximum absolute atomic E-state index is 11.6. The van der Waals surface area contributed by atoms with Crippen molar-refractivity contribution in [2.75, 3.05) is 6.61 Å². The van der Waals surface area contributed by atoms with E-state index in [0.717, 1.165) is 17.7 Å². The van der Waals surface area contributed by atoms with Gasteiger partial charge in [0.2, 0.25) is 0 Å². The van der Waals surface area contributed by atoms with Gasteiger partial charge in [0.1, 0.15) is 0 Å². The lowest BCUT2D eigenvalue weighted by atomic mass is 9.99. The summed E-state index contributed by atoms with van der Waals surface area (Å²) in [6, 6.07) is 2.01. The predicted octanol–water partition coefficient (Wildman–Crippen LogP) is 2.31. The molecule has 4 heteroatoms. The molecular weight excluding hydrogens is 210 g/mol. The van der Waals surface area contributed by atoms with Crippen molar-refractivity contribution >= 4 is 17.2 Å². The van der Waals surface area contributed by atoms with Crippen molar-refractivity contribution in [1.29, 1.82) is 0 Å². The smallest absolute Gasteiger partial charge is 0.274 e. The van der Waals surface area contributed by atoms with Crippen molar-refractivity contribution in [3.8, 4) is 0 Å². The number of amides is 1. The lowest BCUT2D eigenvalue weighted by molar-refractivity contribution is 0.0368. The van der Waals surface area contributed by atoms with E-state index in [-0.39, 0.29) is 5.91 Å². The summed E-state index contributed by atoms with van der Waals surface area (Å²) in [6.45, 7) is 2.34. The third-order valence-electron chi connectivity index (χ3n) is 2.53. The zero-order valence-corrected chi connectivity index (χ0v) is 9.65. The Morgan fingerprint density at radius 2 is 2.33 bits per heavy atom. The summed E-state index contributed by atoms with van der Waals surface area (Å²) < 4.78 is 0.